The van der Waals surface area contributed by atoms with Crippen molar-refractivity contribution in [3.8, 4) is 0 Å². The van der Waals surface area contributed by atoms with Gasteiger partial charge >= 0.3 is 6.18 Å². The molecule has 120 valence electrons. The molecular weight excluding hydrogens is 325 g/mol. The number of alkyl halides is 3. The van der Waals surface area contributed by atoms with Crippen LogP contribution >= 0.6 is 11.6 Å². The van der Waals surface area contributed by atoms with Gasteiger partial charge in [-0.2, -0.15) is 13.2 Å². The first-order valence-corrected chi connectivity index (χ1v) is 6.95. The monoisotopic (exact) mass is 336 g/mol. The Morgan fingerprint density at radius 2 is 2.14 bits per heavy atom. The van der Waals surface area contributed by atoms with Crippen LogP contribution in [0.3, 0.4) is 0 Å². The number of fused-ring (bicyclic) bond motifs is 1. The molecule has 0 radical (unpaired) electrons. The summed E-state index contributed by atoms with van der Waals surface area (Å²) in [7, 11) is 0. The van der Waals surface area contributed by atoms with Crippen molar-refractivity contribution >= 4 is 22.8 Å². The maximum Gasteiger partial charge on any atom is 0.411 e. The molecule has 2 aromatic heterocycles. The van der Waals surface area contributed by atoms with Crippen LogP contribution in [0.5, 0.6) is 0 Å². The Labute approximate surface area is 128 Å². The summed E-state index contributed by atoms with van der Waals surface area (Å²) in [5.41, 5.74) is 0.992. The van der Waals surface area contributed by atoms with E-state index in [1.165, 1.54) is 12.7 Å². The third-order valence-corrected chi connectivity index (χ3v) is 3.56. The van der Waals surface area contributed by atoms with Crippen molar-refractivity contribution in [1.29, 1.82) is 0 Å². The zero-order valence-electron chi connectivity index (χ0n) is 11.3. The molecule has 0 N–H and O–H groups in total. The molecule has 1 saturated heterocycles. The second-order valence-electron chi connectivity index (χ2n) is 4.91. The molecule has 1 fully saturated rings. The topological polar surface area (TPSA) is 62.1 Å². The molecule has 3 heterocycles. The molecule has 0 saturated carbocycles. The lowest BCUT2D eigenvalue weighted by atomic mass is 10.2. The first-order chi connectivity index (χ1) is 10.4. The summed E-state index contributed by atoms with van der Waals surface area (Å²) in [6.07, 6.45) is -0.978. The fourth-order valence-electron chi connectivity index (χ4n) is 2.35. The second kappa shape index (κ2) is 5.98. The van der Waals surface area contributed by atoms with Crippen LogP contribution in [0.2, 0.25) is 5.15 Å². The van der Waals surface area contributed by atoms with Gasteiger partial charge in [0.15, 0.2) is 10.8 Å². The third-order valence-electron chi connectivity index (χ3n) is 3.28. The van der Waals surface area contributed by atoms with Gasteiger partial charge in [0.25, 0.3) is 0 Å². The predicted molar refractivity (Wildman–Crippen MR) is 70.4 cm³/mol. The summed E-state index contributed by atoms with van der Waals surface area (Å²) in [5.74, 6) is 0. The van der Waals surface area contributed by atoms with E-state index in [1.807, 2.05) is 0 Å². The zero-order valence-corrected chi connectivity index (χ0v) is 12.0. The molecule has 10 heteroatoms. The van der Waals surface area contributed by atoms with E-state index in [0.717, 1.165) is 0 Å². The lowest BCUT2D eigenvalue weighted by Gasteiger charge is -2.15. The van der Waals surface area contributed by atoms with E-state index >= 15 is 0 Å². The molecule has 2 aromatic rings. The van der Waals surface area contributed by atoms with E-state index in [0.29, 0.717) is 24.0 Å². The van der Waals surface area contributed by atoms with Gasteiger partial charge in [-0.05, 0) is 12.8 Å². The van der Waals surface area contributed by atoms with Gasteiger partial charge in [-0.1, -0.05) is 11.6 Å². The Morgan fingerprint density at radius 1 is 1.32 bits per heavy atom. The van der Waals surface area contributed by atoms with Crippen molar-refractivity contribution in [3.63, 3.8) is 0 Å². The summed E-state index contributed by atoms with van der Waals surface area (Å²) in [4.78, 5) is 12.1. The maximum absolute atomic E-state index is 12.0. The van der Waals surface area contributed by atoms with Gasteiger partial charge in [0.05, 0.1) is 19.0 Å². The van der Waals surface area contributed by atoms with E-state index < -0.39 is 12.8 Å². The van der Waals surface area contributed by atoms with E-state index in [-0.39, 0.29) is 24.1 Å². The third kappa shape index (κ3) is 3.31. The fourth-order valence-corrected chi connectivity index (χ4v) is 2.53. The number of imidazole rings is 1. The molecule has 0 amide bonds. The Hall–Kier alpha value is -1.45. The number of rotatable bonds is 4. The van der Waals surface area contributed by atoms with Crippen molar-refractivity contribution < 1.29 is 22.6 Å². The molecule has 0 spiro atoms. The SMILES string of the molecule is FC(F)(F)COCC1CCC(n2cnc3c(Cl)ncnc32)O1. The van der Waals surface area contributed by atoms with Gasteiger partial charge in [-0.25, -0.2) is 15.0 Å². The first-order valence-electron chi connectivity index (χ1n) is 6.57. The lowest BCUT2D eigenvalue weighted by Crippen LogP contribution is -2.23. The Morgan fingerprint density at radius 3 is 2.91 bits per heavy atom. The highest BCUT2D eigenvalue weighted by molar-refractivity contribution is 6.33. The highest BCUT2D eigenvalue weighted by Crippen LogP contribution is 2.31. The zero-order chi connectivity index (χ0) is 15.7. The number of hydrogen-bond donors (Lipinski definition) is 0. The summed E-state index contributed by atoms with van der Waals surface area (Å²) >= 11 is 5.92. The van der Waals surface area contributed by atoms with Gasteiger partial charge < -0.3 is 9.47 Å². The predicted octanol–water partition coefficient (Wildman–Crippen LogP) is 2.74. The van der Waals surface area contributed by atoms with Gasteiger partial charge in [0, 0.05) is 0 Å². The van der Waals surface area contributed by atoms with Crippen LogP contribution in [0.15, 0.2) is 12.7 Å². The van der Waals surface area contributed by atoms with Crippen molar-refractivity contribution in [1.82, 2.24) is 19.5 Å². The van der Waals surface area contributed by atoms with Crippen LogP contribution in [-0.4, -0.2) is 45.0 Å². The van der Waals surface area contributed by atoms with Crippen molar-refractivity contribution in [2.24, 2.45) is 0 Å². The molecule has 2 atom stereocenters. The Kier molecular flexibility index (Phi) is 4.20. The quantitative estimate of drug-likeness (QED) is 0.803. The normalized spacial score (nSPS) is 22.5. The van der Waals surface area contributed by atoms with Gasteiger partial charge in [0.1, 0.15) is 24.7 Å². The summed E-state index contributed by atoms with van der Waals surface area (Å²) < 4.78 is 48.1. The first kappa shape index (κ1) is 15.4. The number of aromatic nitrogens is 4. The van der Waals surface area contributed by atoms with Gasteiger partial charge in [0.2, 0.25) is 0 Å². The summed E-state index contributed by atoms with van der Waals surface area (Å²) in [6, 6.07) is 0. The van der Waals surface area contributed by atoms with Crippen LogP contribution in [0, 0.1) is 0 Å². The number of halogens is 4. The minimum absolute atomic E-state index is 0.0988. The van der Waals surface area contributed by atoms with Crippen molar-refractivity contribution in [2.45, 2.75) is 31.3 Å². The molecule has 1 aliphatic rings. The smallest absolute Gasteiger partial charge is 0.369 e. The van der Waals surface area contributed by atoms with Gasteiger partial charge in [-0.3, -0.25) is 4.57 Å². The largest absolute Gasteiger partial charge is 0.411 e. The van der Waals surface area contributed by atoms with Crippen LogP contribution in [0.1, 0.15) is 19.1 Å². The van der Waals surface area contributed by atoms with Crippen LogP contribution in [-0.2, 0) is 9.47 Å². The molecule has 6 nitrogen and oxygen atoms in total. The molecule has 0 aromatic carbocycles. The molecule has 0 aliphatic carbocycles. The molecule has 0 bridgehead atoms. The molecule has 2 unspecified atom stereocenters. The van der Waals surface area contributed by atoms with E-state index in [2.05, 4.69) is 19.7 Å². The number of ether oxygens (including phenoxy) is 2. The van der Waals surface area contributed by atoms with E-state index in [1.54, 1.807) is 4.57 Å². The Balaban J connectivity index is 1.63. The molecule has 22 heavy (non-hydrogen) atoms. The number of nitrogens with zero attached hydrogens (tertiary/aromatic N) is 4. The summed E-state index contributed by atoms with van der Waals surface area (Å²) in [6.45, 7) is -1.37. The minimum Gasteiger partial charge on any atom is -0.369 e. The van der Waals surface area contributed by atoms with Crippen LogP contribution in [0.4, 0.5) is 13.2 Å². The van der Waals surface area contributed by atoms with E-state index in [4.69, 9.17) is 16.3 Å². The molecule has 1 aliphatic heterocycles. The van der Waals surface area contributed by atoms with Crippen molar-refractivity contribution in [2.75, 3.05) is 13.2 Å². The number of hydrogen-bond acceptors (Lipinski definition) is 5. The van der Waals surface area contributed by atoms with Crippen LogP contribution < -0.4 is 0 Å². The maximum atomic E-state index is 12.0. The second-order valence-corrected chi connectivity index (χ2v) is 5.27. The standard InChI is InChI=1S/C12H12ClF3N4O2/c13-10-9-11(18-5-17-10)20(6-19-9)8-2-1-7(22-8)3-21-4-12(14,15)16/h5-8H,1-4H2. The molecule has 3 rings (SSSR count). The molecular formula is C12H12ClF3N4O2. The average Bonchev–Trinajstić information content (AvgIpc) is 3.04. The fraction of sp³-hybridized carbons (Fsp3) is 0.583. The highest BCUT2D eigenvalue weighted by atomic mass is 35.5. The lowest BCUT2D eigenvalue weighted by molar-refractivity contribution is -0.181. The summed E-state index contributed by atoms with van der Waals surface area (Å²) in [5, 5.41) is 0.242. The van der Waals surface area contributed by atoms with Crippen LogP contribution in [0.25, 0.3) is 11.2 Å². The highest BCUT2D eigenvalue weighted by Gasteiger charge is 2.31. The van der Waals surface area contributed by atoms with E-state index in [9.17, 15) is 13.2 Å². The van der Waals surface area contributed by atoms with Crippen molar-refractivity contribution in [3.05, 3.63) is 17.8 Å². The van der Waals surface area contributed by atoms with Gasteiger partial charge in [-0.15, -0.1) is 0 Å². The Bertz CT molecular complexity index is 663. The average molecular weight is 337 g/mol. The minimum atomic E-state index is -4.33.